The van der Waals surface area contributed by atoms with Gasteiger partial charge in [0.15, 0.2) is 0 Å². The van der Waals surface area contributed by atoms with Gasteiger partial charge in [0.25, 0.3) is 0 Å². The van der Waals surface area contributed by atoms with E-state index >= 15 is 0 Å². The van der Waals surface area contributed by atoms with Crippen molar-refractivity contribution in [2.24, 2.45) is 29.6 Å². The molecule has 0 aromatic rings. The Morgan fingerprint density at radius 1 is 1.41 bits per heavy atom. The van der Waals surface area contributed by atoms with Crippen LogP contribution >= 0.6 is 0 Å². The molecule has 0 amide bonds. The third-order valence-corrected chi connectivity index (χ3v) is 5.06. The van der Waals surface area contributed by atoms with E-state index in [2.05, 4.69) is 19.9 Å². The Labute approximate surface area is 104 Å². The van der Waals surface area contributed by atoms with Crippen LogP contribution in [0.25, 0.3) is 0 Å². The number of rotatable bonds is 2. The summed E-state index contributed by atoms with van der Waals surface area (Å²) in [6, 6.07) is 0. The third-order valence-electron chi connectivity index (χ3n) is 5.06. The van der Waals surface area contributed by atoms with Crippen LogP contribution in [0.1, 0.15) is 46.5 Å². The molecule has 2 aliphatic rings. The van der Waals surface area contributed by atoms with Gasteiger partial charge in [-0.15, -0.1) is 0 Å². The van der Waals surface area contributed by atoms with E-state index in [0.717, 1.165) is 18.3 Å². The van der Waals surface area contributed by atoms with Gasteiger partial charge in [-0.25, -0.2) is 0 Å². The first-order chi connectivity index (χ1) is 8.00. The van der Waals surface area contributed by atoms with Crippen LogP contribution in [-0.4, -0.2) is 11.1 Å². The molecule has 0 bridgehead atoms. The highest BCUT2D eigenvalue weighted by molar-refractivity contribution is 5.70. The minimum absolute atomic E-state index is 0.197. The van der Waals surface area contributed by atoms with Crippen molar-refractivity contribution in [3.8, 4) is 0 Å². The number of carboxylic acid groups (broad SMARTS) is 1. The molecule has 0 radical (unpaired) electrons. The Hall–Kier alpha value is -0.790. The molecule has 2 nitrogen and oxygen atoms in total. The molecule has 5 atom stereocenters. The largest absolute Gasteiger partial charge is 0.481 e. The zero-order valence-corrected chi connectivity index (χ0v) is 11.1. The fraction of sp³-hybridized carbons (Fsp3) is 0.800. The van der Waals surface area contributed by atoms with Crippen molar-refractivity contribution >= 4 is 5.97 Å². The van der Waals surface area contributed by atoms with Gasteiger partial charge in [0.05, 0.1) is 5.92 Å². The summed E-state index contributed by atoms with van der Waals surface area (Å²) in [4.78, 5) is 11.2. The number of aliphatic carboxylic acids is 1. The predicted octanol–water partition coefficient (Wildman–Crippen LogP) is 3.73. The number of hydrogen-bond donors (Lipinski definition) is 1. The van der Waals surface area contributed by atoms with Gasteiger partial charge in [0.2, 0.25) is 0 Å². The third kappa shape index (κ3) is 2.41. The minimum Gasteiger partial charge on any atom is -0.481 e. The topological polar surface area (TPSA) is 37.3 Å². The van der Waals surface area contributed by atoms with Gasteiger partial charge >= 0.3 is 5.97 Å². The summed E-state index contributed by atoms with van der Waals surface area (Å²) < 4.78 is 0. The lowest BCUT2D eigenvalue weighted by Gasteiger charge is -2.44. The van der Waals surface area contributed by atoms with Crippen molar-refractivity contribution in [2.75, 3.05) is 0 Å². The molecule has 96 valence electrons. The van der Waals surface area contributed by atoms with Crippen molar-refractivity contribution in [3.63, 3.8) is 0 Å². The molecule has 1 fully saturated rings. The average Bonchev–Trinajstić information content (AvgIpc) is 2.28. The SMILES string of the molecule is CC1=CC2[C@@H](CC1)[C@H](C)CC[C@H]2[C@H](C)C(=O)O. The van der Waals surface area contributed by atoms with Gasteiger partial charge in [0, 0.05) is 0 Å². The molecule has 17 heavy (non-hydrogen) atoms. The lowest BCUT2D eigenvalue weighted by atomic mass is 9.60. The van der Waals surface area contributed by atoms with Crippen LogP contribution in [0.15, 0.2) is 11.6 Å². The van der Waals surface area contributed by atoms with Crippen molar-refractivity contribution in [2.45, 2.75) is 46.5 Å². The molecule has 1 unspecified atom stereocenters. The summed E-state index contributed by atoms with van der Waals surface area (Å²) in [7, 11) is 0. The quantitative estimate of drug-likeness (QED) is 0.742. The van der Waals surface area contributed by atoms with E-state index in [9.17, 15) is 9.90 Å². The van der Waals surface area contributed by atoms with Gasteiger partial charge in [-0.3, -0.25) is 4.79 Å². The van der Waals surface area contributed by atoms with Crippen LogP contribution in [0.3, 0.4) is 0 Å². The highest BCUT2D eigenvalue weighted by atomic mass is 16.4. The summed E-state index contributed by atoms with van der Waals surface area (Å²) in [6.45, 7) is 6.42. The molecule has 0 saturated heterocycles. The highest BCUT2D eigenvalue weighted by Gasteiger charge is 2.41. The van der Waals surface area contributed by atoms with E-state index in [4.69, 9.17) is 0 Å². The van der Waals surface area contributed by atoms with Gasteiger partial charge in [-0.1, -0.05) is 31.9 Å². The maximum Gasteiger partial charge on any atom is 0.306 e. The lowest BCUT2D eigenvalue weighted by molar-refractivity contribution is -0.144. The van der Waals surface area contributed by atoms with Crippen LogP contribution in [0.4, 0.5) is 0 Å². The van der Waals surface area contributed by atoms with Gasteiger partial charge in [-0.2, -0.15) is 0 Å². The maximum absolute atomic E-state index is 11.2. The summed E-state index contributed by atoms with van der Waals surface area (Å²) in [5, 5.41) is 9.24. The van der Waals surface area contributed by atoms with Crippen LogP contribution in [0.5, 0.6) is 0 Å². The second kappa shape index (κ2) is 4.83. The summed E-state index contributed by atoms with van der Waals surface area (Å²) in [6.07, 6.45) is 7.14. The lowest BCUT2D eigenvalue weighted by Crippen LogP contribution is -2.39. The summed E-state index contributed by atoms with van der Waals surface area (Å²) >= 11 is 0. The Kier molecular flexibility index (Phi) is 3.60. The zero-order chi connectivity index (χ0) is 12.6. The molecule has 2 heteroatoms. The highest BCUT2D eigenvalue weighted by Crippen LogP contribution is 2.47. The average molecular weight is 236 g/mol. The second-order valence-corrected chi connectivity index (χ2v) is 6.14. The Balaban J connectivity index is 2.22. The van der Waals surface area contributed by atoms with Crippen LogP contribution in [-0.2, 0) is 4.79 Å². The zero-order valence-electron chi connectivity index (χ0n) is 11.1. The van der Waals surface area contributed by atoms with Crippen molar-refractivity contribution < 1.29 is 9.90 Å². The van der Waals surface area contributed by atoms with Crippen LogP contribution in [0.2, 0.25) is 0 Å². The van der Waals surface area contributed by atoms with Gasteiger partial charge < -0.3 is 5.11 Å². The van der Waals surface area contributed by atoms with Gasteiger partial charge in [0.1, 0.15) is 0 Å². The molecule has 2 rings (SSSR count). The first-order valence-electron chi connectivity index (χ1n) is 6.90. The van der Waals surface area contributed by atoms with E-state index in [0.29, 0.717) is 11.8 Å². The van der Waals surface area contributed by atoms with E-state index in [1.165, 1.54) is 24.8 Å². The molecule has 0 aromatic heterocycles. The molecule has 0 spiro atoms. The Morgan fingerprint density at radius 3 is 2.76 bits per heavy atom. The summed E-state index contributed by atoms with van der Waals surface area (Å²) in [5.74, 6) is 1.53. The van der Waals surface area contributed by atoms with Crippen molar-refractivity contribution in [3.05, 3.63) is 11.6 Å². The number of fused-ring (bicyclic) bond motifs is 1. The first-order valence-corrected chi connectivity index (χ1v) is 6.90. The fourth-order valence-corrected chi connectivity index (χ4v) is 3.86. The molecule has 2 aliphatic carbocycles. The van der Waals surface area contributed by atoms with E-state index in [1.807, 2.05) is 6.92 Å². The van der Waals surface area contributed by atoms with Crippen molar-refractivity contribution in [1.82, 2.24) is 0 Å². The smallest absolute Gasteiger partial charge is 0.306 e. The number of carbonyl (C=O) groups is 1. The predicted molar refractivity (Wildman–Crippen MR) is 68.7 cm³/mol. The van der Waals surface area contributed by atoms with Gasteiger partial charge in [-0.05, 0) is 49.9 Å². The van der Waals surface area contributed by atoms with Crippen molar-refractivity contribution in [1.29, 1.82) is 0 Å². The van der Waals surface area contributed by atoms with E-state index in [-0.39, 0.29) is 5.92 Å². The maximum atomic E-state index is 11.2. The Bertz CT molecular complexity index is 332. The number of carboxylic acids is 1. The number of hydrogen-bond acceptors (Lipinski definition) is 1. The second-order valence-electron chi connectivity index (χ2n) is 6.14. The molecule has 0 aromatic carbocycles. The normalized spacial score (nSPS) is 39.1. The van der Waals surface area contributed by atoms with Crippen LogP contribution in [0, 0.1) is 29.6 Å². The Morgan fingerprint density at radius 2 is 2.12 bits per heavy atom. The number of allylic oxidation sites excluding steroid dienone is 2. The first kappa shape index (κ1) is 12.7. The molecule has 1 N–H and O–H groups in total. The molecular formula is C15H24O2. The van der Waals surface area contributed by atoms with E-state index < -0.39 is 5.97 Å². The monoisotopic (exact) mass is 236 g/mol. The molecular weight excluding hydrogens is 212 g/mol. The molecule has 0 heterocycles. The minimum atomic E-state index is -0.625. The van der Waals surface area contributed by atoms with E-state index in [1.54, 1.807) is 0 Å². The van der Waals surface area contributed by atoms with Crippen LogP contribution < -0.4 is 0 Å². The fourth-order valence-electron chi connectivity index (χ4n) is 3.86. The molecule has 0 aliphatic heterocycles. The molecule has 1 saturated carbocycles. The standard InChI is InChI=1S/C15H24O2/c1-9-4-6-12-10(2)5-7-13(14(12)8-9)11(3)15(16)17/h8,10-14H,4-7H2,1-3H3,(H,16,17)/t10-,11+,12+,13+,14?/m1/s1. The summed E-state index contributed by atoms with van der Waals surface area (Å²) in [5.41, 5.74) is 1.46.